The van der Waals surface area contributed by atoms with E-state index in [1.165, 1.54) is 0 Å². The molecular formula is C8H11O2. The monoisotopic (exact) mass is 139 g/mol. The van der Waals surface area contributed by atoms with Crippen molar-refractivity contribution < 1.29 is 9.59 Å². The average Bonchev–Trinajstić information content (AvgIpc) is 1.88. The Hall–Kier alpha value is -0.660. The minimum Gasteiger partial charge on any atom is -0.299 e. The van der Waals surface area contributed by atoms with Gasteiger partial charge in [-0.3, -0.25) is 9.59 Å². The van der Waals surface area contributed by atoms with Crippen molar-refractivity contribution in [1.82, 2.24) is 0 Å². The van der Waals surface area contributed by atoms with Crippen molar-refractivity contribution >= 4 is 11.6 Å². The van der Waals surface area contributed by atoms with E-state index in [9.17, 15) is 9.59 Å². The second kappa shape index (κ2) is 2.95. The van der Waals surface area contributed by atoms with Gasteiger partial charge >= 0.3 is 0 Å². The molecule has 0 saturated heterocycles. The summed E-state index contributed by atoms with van der Waals surface area (Å²) in [6.45, 7) is 1.96. The molecule has 0 aromatic heterocycles. The van der Waals surface area contributed by atoms with Crippen LogP contribution in [0.25, 0.3) is 0 Å². The topological polar surface area (TPSA) is 34.1 Å². The predicted octanol–water partition coefficient (Wildman–Crippen LogP) is 1.29. The van der Waals surface area contributed by atoms with Crippen LogP contribution in [0.3, 0.4) is 0 Å². The molecule has 0 atom stereocenters. The summed E-state index contributed by atoms with van der Waals surface area (Å²) in [7, 11) is 0. The summed E-state index contributed by atoms with van der Waals surface area (Å²) in [5.74, 6) is 1.11. The largest absolute Gasteiger partial charge is 0.299 e. The standard InChI is InChI=1S/C8H11O2/c1-2-6-3-4-7(9)5-8(6)10/h2-5H2,1H3. The van der Waals surface area contributed by atoms with Crippen LogP contribution in [-0.4, -0.2) is 11.6 Å². The first-order valence-corrected chi connectivity index (χ1v) is 3.63. The molecule has 0 aromatic rings. The molecule has 1 radical (unpaired) electrons. The molecule has 0 unspecified atom stereocenters. The minimum atomic E-state index is 0.0683. The Morgan fingerprint density at radius 1 is 1.30 bits per heavy atom. The molecule has 55 valence electrons. The minimum absolute atomic E-state index is 0.0683. The lowest BCUT2D eigenvalue weighted by Crippen LogP contribution is -2.22. The Bertz CT molecular complexity index is 161. The highest BCUT2D eigenvalue weighted by Gasteiger charge is 2.25. The van der Waals surface area contributed by atoms with Gasteiger partial charge in [0.15, 0.2) is 0 Å². The summed E-state index contributed by atoms with van der Waals surface area (Å²) < 4.78 is 0. The quantitative estimate of drug-likeness (QED) is 0.513. The third-order valence-electron chi connectivity index (χ3n) is 1.88. The maximum atomic E-state index is 11.0. The van der Waals surface area contributed by atoms with Crippen molar-refractivity contribution in [3.05, 3.63) is 5.92 Å². The third kappa shape index (κ3) is 1.43. The predicted molar refractivity (Wildman–Crippen MR) is 37.4 cm³/mol. The summed E-state index contributed by atoms with van der Waals surface area (Å²) >= 11 is 0. The molecule has 0 heterocycles. The second-order valence-corrected chi connectivity index (χ2v) is 2.60. The Morgan fingerprint density at radius 2 is 2.00 bits per heavy atom. The highest BCUT2D eigenvalue weighted by molar-refractivity contribution is 6.08. The number of carbonyl (C=O) groups is 2. The number of hydrogen-bond acceptors (Lipinski definition) is 2. The second-order valence-electron chi connectivity index (χ2n) is 2.60. The molecule has 0 aliphatic heterocycles. The van der Waals surface area contributed by atoms with Gasteiger partial charge in [-0.25, -0.2) is 0 Å². The molecule has 0 spiro atoms. The summed E-state index contributed by atoms with van der Waals surface area (Å²) in [6, 6.07) is 0. The highest BCUT2D eigenvalue weighted by atomic mass is 16.1. The molecule has 2 nitrogen and oxygen atoms in total. The Kier molecular flexibility index (Phi) is 2.20. The third-order valence-corrected chi connectivity index (χ3v) is 1.88. The van der Waals surface area contributed by atoms with Gasteiger partial charge in [0, 0.05) is 12.3 Å². The van der Waals surface area contributed by atoms with E-state index in [1.54, 1.807) is 0 Å². The first kappa shape index (κ1) is 7.45. The zero-order chi connectivity index (χ0) is 7.56. The Labute approximate surface area is 60.6 Å². The lowest BCUT2D eigenvalue weighted by molar-refractivity contribution is -0.128. The summed E-state index contributed by atoms with van der Waals surface area (Å²) in [4.78, 5) is 21.7. The molecule has 10 heavy (non-hydrogen) atoms. The zero-order valence-electron chi connectivity index (χ0n) is 6.14. The fourth-order valence-corrected chi connectivity index (χ4v) is 1.20. The van der Waals surface area contributed by atoms with Crippen molar-refractivity contribution in [2.45, 2.75) is 32.6 Å². The number of hydrogen-bond donors (Lipinski definition) is 0. The Morgan fingerprint density at radius 3 is 2.50 bits per heavy atom. The molecule has 0 bridgehead atoms. The van der Waals surface area contributed by atoms with Gasteiger partial charge < -0.3 is 0 Å². The molecule has 0 aromatic carbocycles. The molecule has 0 N–H and O–H groups in total. The van der Waals surface area contributed by atoms with Gasteiger partial charge in [0.05, 0.1) is 6.42 Å². The summed E-state index contributed by atoms with van der Waals surface area (Å²) in [6.07, 6.45) is 2.25. The van der Waals surface area contributed by atoms with Gasteiger partial charge in [-0.2, -0.15) is 0 Å². The SMILES string of the molecule is CC[C]1CCC(=O)CC1=O. The number of carbonyl (C=O) groups excluding carboxylic acids is 2. The van der Waals surface area contributed by atoms with Gasteiger partial charge in [0.2, 0.25) is 0 Å². The molecule has 0 amide bonds. The molecule has 1 aliphatic carbocycles. The fourth-order valence-electron chi connectivity index (χ4n) is 1.20. The van der Waals surface area contributed by atoms with Crippen molar-refractivity contribution in [1.29, 1.82) is 0 Å². The zero-order valence-corrected chi connectivity index (χ0v) is 6.14. The summed E-state index contributed by atoms with van der Waals surface area (Å²) in [5, 5.41) is 0. The molecule has 1 fully saturated rings. The van der Waals surface area contributed by atoms with Crippen LogP contribution in [0, 0.1) is 5.92 Å². The van der Waals surface area contributed by atoms with Crippen LogP contribution in [0.5, 0.6) is 0 Å². The van der Waals surface area contributed by atoms with Gasteiger partial charge in [-0.1, -0.05) is 6.92 Å². The molecule has 1 aliphatic rings. The highest BCUT2D eigenvalue weighted by Crippen LogP contribution is 2.22. The number of rotatable bonds is 1. The van der Waals surface area contributed by atoms with Crippen molar-refractivity contribution in [2.75, 3.05) is 0 Å². The first-order chi connectivity index (χ1) is 4.74. The molecule has 2 heteroatoms. The van der Waals surface area contributed by atoms with Crippen LogP contribution in [0.2, 0.25) is 0 Å². The molecule has 1 saturated carbocycles. The molecular weight excluding hydrogens is 128 g/mol. The van der Waals surface area contributed by atoms with Crippen molar-refractivity contribution in [3.8, 4) is 0 Å². The fraction of sp³-hybridized carbons (Fsp3) is 0.625. The van der Waals surface area contributed by atoms with E-state index in [2.05, 4.69) is 0 Å². The van der Waals surface area contributed by atoms with E-state index in [0.29, 0.717) is 12.8 Å². The lowest BCUT2D eigenvalue weighted by atomic mass is 9.86. The van der Waals surface area contributed by atoms with E-state index in [4.69, 9.17) is 0 Å². The lowest BCUT2D eigenvalue weighted by Gasteiger charge is -2.16. The van der Waals surface area contributed by atoms with E-state index < -0.39 is 0 Å². The number of Topliss-reactive ketones (excluding diaryl/α,β-unsaturated/α-hetero) is 2. The average molecular weight is 139 g/mol. The first-order valence-electron chi connectivity index (χ1n) is 3.63. The van der Waals surface area contributed by atoms with Gasteiger partial charge in [-0.05, 0) is 12.8 Å². The van der Waals surface area contributed by atoms with Crippen LogP contribution in [0.4, 0.5) is 0 Å². The van der Waals surface area contributed by atoms with E-state index in [-0.39, 0.29) is 18.0 Å². The van der Waals surface area contributed by atoms with E-state index >= 15 is 0 Å². The van der Waals surface area contributed by atoms with Gasteiger partial charge in [0.1, 0.15) is 11.6 Å². The van der Waals surface area contributed by atoms with Crippen LogP contribution in [0.1, 0.15) is 32.6 Å². The maximum Gasteiger partial charge on any atom is 0.147 e. The Balaban J connectivity index is 2.51. The van der Waals surface area contributed by atoms with E-state index in [0.717, 1.165) is 12.3 Å². The van der Waals surface area contributed by atoms with Gasteiger partial charge in [0.25, 0.3) is 0 Å². The van der Waals surface area contributed by atoms with Crippen LogP contribution >= 0.6 is 0 Å². The normalized spacial score (nSPS) is 21.7. The maximum absolute atomic E-state index is 11.0. The van der Waals surface area contributed by atoms with Crippen molar-refractivity contribution in [3.63, 3.8) is 0 Å². The van der Waals surface area contributed by atoms with E-state index in [1.807, 2.05) is 6.92 Å². The van der Waals surface area contributed by atoms with Crippen LogP contribution in [0.15, 0.2) is 0 Å². The molecule has 1 rings (SSSR count). The number of ketones is 2. The van der Waals surface area contributed by atoms with Gasteiger partial charge in [-0.15, -0.1) is 0 Å². The van der Waals surface area contributed by atoms with Crippen molar-refractivity contribution in [2.24, 2.45) is 0 Å². The summed E-state index contributed by atoms with van der Waals surface area (Å²) in [5.41, 5.74) is 0. The smallest absolute Gasteiger partial charge is 0.147 e. The van der Waals surface area contributed by atoms with Crippen LogP contribution in [-0.2, 0) is 9.59 Å². The van der Waals surface area contributed by atoms with Crippen LogP contribution < -0.4 is 0 Å².